The summed E-state index contributed by atoms with van der Waals surface area (Å²) in [7, 11) is 1.57. The molecule has 1 heterocycles. The summed E-state index contributed by atoms with van der Waals surface area (Å²) in [6.45, 7) is 0.428. The lowest BCUT2D eigenvalue weighted by atomic mass is 10.2. The number of carbonyl (C=O) groups is 2. The Kier molecular flexibility index (Phi) is 8.75. The number of hydrogen-bond acceptors (Lipinski definition) is 7. The van der Waals surface area contributed by atoms with E-state index in [4.69, 9.17) is 9.47 Å². The average Bonchev–Trinajstić information content (AvgIpc) is 3.23. The Bertz CT molecular complexity index is 1280. The van der Waals surface area contributed by atoms with E-state index >= 15 is 0 Å². The average molecular weight is 567 g/mol. The fraction of sp³-hybridized carbons (Fsp3) is 0.154. The van der Waals surface area contributed by atoms with E-state index in [1.165, 1.54) is 11.8 Å². The summed E-state index contributed by atoms with van der Waals surface area (Å²) in [4.78, 5) is 24.6. The van der Waals surface area contributed by atoms with Crippen LogP contribution in [0, 0.1) is 0 Å². The highest BCUT2D eigenvalue weighted by atomic mass is 79.9. The van der Waals surface area contributed by atoms with Crippen molar-refractivity contribution >= 4 is 56.6 Å². The Morgan fingerprint density at radius 3 is 2.64 bits per heavy atom. The molecule has 184 valence electrons. The minimum absolute atomic E-state index is 0.0247. The number of hydrogen-bond donors (Lipinski definition) is 2. The van der Waals surface area contributed by atoms with Gasteiger partial charge in [-0.05, 0) is 53.6 Å². The maximum absolute atomic E-state index is 12.3. The molecule has 0 bridgehead atoms. The summed E-state index contributed by atoms with van der Waals surface area (Å²) in [6.07, 6.45) is 1.58. The fourth-order valence-corrected chi connectivity index (χ4v) is 4.46. The summed E-state index contributed by atoms with van der Waals surface area (Å²) in [5.41, 5.74) is 2.47. The molecular weight excluding hydrogens is 544 g/mol. The van der Waals surface area contributed by atoms with Crippen LogP contribution in [0.1, 0.15) is 17.5 Å². The minimum atomic E-state index is -0.574. The van der Waals surface area contributed by atoms with Gasteiger partial charge in [-0.25, -0.2) is 0 Å². The number of thioether (sulfide) groups is 1. The maximum atomic E-state index is 12.3. The highest BCUT2D eigenvalue weighted by Crippen LogP contribution is 2.28. The fourth-order valence-electron chi connectivity index (χ4n) is 3.27. The summed E-state index contributed by atoms with van der Waals surface area (Å²) >= 11 is 4.52. The molecule has 3 aromatic carbocycles. The molecule has 1 unspecified atom stereocenters. The number of anilines is 1. The van der Waals surface area contributed by atoms with Gasteiger partial charge >= 0.3 is 0 Å². The molecule has 1 aliphatic heterocycles. The van der Waals surface area contributed by atoms with Crippen LogP contribution in [0.25, 0.3) is 0 Å². The minimum Gasteiger partial charge on any atom is -0.493 e. The lowest BCUT2D eigenvalue weighted by molar-refractivity contribution is -0.122. The highest BCUT2D eigenvalue weighted by Gasteiger charge is 2.32. The summed E-state index contributed by atoms with van der Waals surface area (Å²) < 4.78 is 12.2. The number of amidine groups is 1. The number of benzene rings is 3. The summed E-state index contributed by atoms with van der Waals surface area (Å²) in [5.74, 6) is 0.661. The first-order valence-corrected chi connectivity index (χ1v) is 12.7. The number of methoxy groups -OCH3 is 1. The third-order valence-corrected chi connectivity index (χ3v) is 6.66. The largest absolute Gasteiger partial charge is 0.493 e. The predicted molar refractivity (Wildman–Crippen MR) is 146 cm³/mol. The Morgan fingerprint density at radius 2 is 1.89 bits per heavy atom. The number of amides is 2. The smallest absolute Gasteiger partial charge is 0.240 e. The number of halogens is 1. The van der Waals surface area contributed by atoms with Gasteiger partial charge in [-0.2, -0.15) is 5.10 Å². The lowest BCUT2D eigenvalue weighted by Crippen LogP contribution is -2.28. The van der Waals surface area contributed by atoms with E-state index in [9.17, 15) is 9.59 Å². The molecule has 0 aromatic heterocycles. The van der Waals surface area contributed by atoms with Gasteiger partial charge in [-0.1, -0.05) is 58.0 Å². The van der Waals surface area contributed by atoms with Gasteiger partial charge in [0.05, 0.1) is 13.3 Å². The third-order valence-electron chi connectivity index (χ3n) is 5.06. The number of nitrogens with one attached hydrogen (secondary N) is 2. The normalized spacial score (nSPS) is 16.2. The van der Waals surface area contributed by atoms with E-state index in [1.54, 1.807) is 31.5 Å². The second-order valence-corrected chi connectivity index (χ2v) is 9.80. The molecule has 0 saturated carbocycles. The van der Waals surface area contributed by atoms with Gasteiger partial charge in [0.1, 0.15) is 11.9 Å². The van der Waals surface area contributed by atoms with E-state index in [0.717, 1.165) is 15.6 Å². The third kappa shape index (κ3) is 7.19. The monoisotopic (exact) mass is 566 g/mol. The zero-order valence-electron chi connectivity index (χ0n) is 19.3. The van der Waals surface area contributed by atoms with Crippen molar-refractivity contribution in [2.75, 3.05) is 12.4 Å². The molecule has 10 heteroatoms. The first-order chi connectivity index (χ1) is 17.5. The van der Waals surface area contributed by atoms with Crippen LogP contribution in [0.5, 0.6) is 11.5 Å². The second-order valence-electron chi connectivity index (χ2n) is 7.69. The van der Waals surface area contributed by atoms with Crippen LogP contribution in [-0.4, -0.2) is 35.6 Å². The van der Waals surface area contributed by atoms with Crippen molar-refractivity contribution in [2.24, 2.45) is 10.2 Å². The molecule has 1 fully saturated rings. The topological polar surface area (TPSA) is 101 Å². The van der Waals surface area contributed by atoms with Crippen LogP contribution in [-0.2, 0) is 16.2 Å². The quantitative estimate of drug-likeness (QED) is 0.281. The van der Waals surface area contributed by atoms with Crippen LogP contribution in [0.4, 0.5) is 5.69 Å². The molecule has 1 saturated heterocycles. The molecule has 8 nitrogen and oxygen atoms in total. The van der Waals surface area contributed by atoms with Crippen molar-refractivity contribution in [3.8, 4) is 11.5 Å². The molecule has 2 N–H and O–H groups in total. The van der Waals surface area contributed by atoms with Crippen molar-refractivity contribution < 1.29 is 19.1 Å². The second kappa shape index (κ2) is 12.4. The number of carbonyl (C=O) groups excluding carboxylic acids is 2. The van der Waals surface area contributed by atoms with Crippen molar-refractivity contribution in [1.82, 2.24) is 5.32 Å². The summed E-state index contributed by atoms with van der Waals surface area (Å²) in [5, 5.41) is 13.4. The Morgan fingerprint density at radius 1 is 1.11 bits per heavy atom. The SMILES string of the molecule is COc1cc(/C=N/N=C2/NC(=O)C(CC(=O)Nc3ccc(Br)cc3)S2)ccc1OCc1ccccc1. The first-order valence-electron chi connectivity index (χ1n) is 11.0. The molecule has 2 amide bonds. The van der Waals surface area contributed by atoms with E-state index in [0.29, 0.717) is 29.0 Å². The zero-order valence-corrected chi connectivity index (χ0v) is 21.7. The highest BCUT2D eigenvalue weighted by molar-refractivity contribution is 9.10. The standard InChI is InChI=1S/C26H23BrN4O4S/c1-34-22-13-18(7-12-21(22)35-16-17-5-3-2-4-6-17)15-28-31-26-30-25(33)23(36-26)14-24(32)29-20-10-8-19(27)9-11-20/h2-13,15,23H,14,16H2,1H3,(H,29,32)(H,30,31,33)/b28-15+. The van der Waals surface area contributed by atoms with Gasteiger partial charge in [0.2, 0.25) is 11.8 Å². The molecule has 0 radical (unpaired) electrons. The van der Waals surface area contributed by atoms with Crippen LogP contribution >= 0.6 is 27.7 Å². The molecule has 36 heavy (non-hydrogen) atoms. The Balaban J connectivity index is 1.31. The molecular formula is C26H23BrN4O4S. The van der Waals surface area contributed by atoms with E-state index in [1.807, 2.05) is 54.6 Å². The summed E-state index contributed by atoms with van der Waals surface area (Å²) in [6, 6.07) is 22.5. The van der Waals surface area contributed by atoms with Gasteiger partial charge in [0.15, 0.2) is 16.7 Å². The van der Waals surface area contributed by atoms with Crippen molar-refractivity contribution in [1.29, 1.82) is 0 Å². The van der Waals surface area contributed by atoms with Gasteiger partial charge in [0, 0.05) is 16.6 Å². The Labute approximate surface area is 221 Å². The van der Waals surface area contributed by atoms with Crippen LogP contribution in [0.3, 0.4) is 0 Å². The van der Waals surface area contributed by atoms with Crippen molar-refractivity contribution in [3.63, 3.8) is 0 Å². The van der Waals surface area contributed by atoms with Gasteiger partial charge < -0.3 is 20.1 Å². The number of ether oxygens (including phenoxy) is 2. The van der Waals surface area contributed by atoms with Gasteiger partial charge in [-0.3, -0.25) is 9.59 Å². The Hall–Kier alpha value is -3.63. The van der Waals surface area contributed by atoms with E-state index in [-0.39, 0.29) is 18.2 Å². The first kappa shape index (κ1) is 25.5. The van der Waals surface area contributed by atoms with E-state index < -0.39 is 5.25 Å². The predicted octanol–water partition coefficient (Wildman–Crippen LogP) is 4.99. The molecule has 4 rings (SSSR count). The van der Waals surface area contributed by atoms with Crippen LogP contribution in [0.15, 0.2) is 87.5 Å². The number of rotatable bonds is 9. The van der Waals surface area contributed by atoms with E-state index in [2.05, 4.69) is 36.8 Å². The molecule has 0 spiro atoms. The molecule has 3 aromatic rings. The van der Waals surface area contributed by atoms with Gasteiger partial charge in [-0.15, -0.1) is 5.10 Å². The van der Waals surface area contributed by atoms with Crippen molar-refractivity contribution in [3.05, 3.63) is 88.4 Å². The molecule has 1 aliphatic rings. The lowest BCUT2D eigenvalue weighted by Gasteiger charge is -2.11. The van der Waals surface area contributed by atoms with Crippen LogP contribution in [0.2, 0.25) is 0 Å². The van der Waals surface area contributed by atoms with Gasteiger partial charge in [0.25, 0.3) is 0 Å². The van der Waals surface area contributed by atoms with Crippen LogP contribution < -0.4 is 20.1 Å². The number of nitrogens with zero attached hydrogens (tertiary/aromatic N) is 2. The maximum Gasteiger partial charge on any atom is 0.240 e. The van der Waals surface area contributed by atoms with Crippen molar-refractivity contribution in [2.45, 2.75) is 18.3 Å². The molecule has 1 atom stereocenters. The molecule has 0 aliphatic carbocycles. The zero-order chi connectivity index (χ0) is 25.3.